The Balaban J connectivity index is 0.00000260. The van der Waals surface area contributed by atoms with Crippen LogP contribution in [0.4, 0.5) is 23.1 Å². The zero-order valence-corrected chi connectivity index (χ0v) is 40.8. The number of aldehydes is 2. The number of nitrogens with two attached hydrogens (primary N) is 3. The molecule has 0 saturated heterocycles. The predicted octanol–water partition coefficient (Wildman–Crippen LogP) is 4.19. The van der Waals surface area contributed by atoms with E-state index >= 15 is 0 Å². The number of imidazole rings is 1. The number of benzene rings is 2. The Hall–Kier alpha value is -8.08. The number of carbonyl (C=O) groups excluding carboxylic acids is 5. The standard InChI is InChI=1S/C46H54N14O6.2CH5N/c1-7-59-38(20-30(3)53-59)44(64)50-29-57(43-37(48-5)23-34(28-62)25-49-43)17-9-10-18-58-42-36(51-46(58)52-45(65)39-21-31(4)54-60(39)8-2)22-33(27-61)24-40(42)66-19-11-12-41(63)55-56(6)26-32-13-15-35(47)16-14-32;2*1-2/h9-10,13-16,20-25,27-28H,5,7-8,11-12,17-19,26,29,47H2,1-4,6H3,(H,50,64)(H,55,63)(H,51,52,65);2*2H2,1H3/b10-9+;;. The fraction of sp³-hybridized carbons (Fsp3) is 0.333. The summed E-state index contributed by atoms with van der Waals surface area (Å²) in [5.74, 6) is -0.138. The summed E-state index contributed by atoms with van der Waals surface area (Å²) in [7, 11) is 4.77. The van der Waals surface area contributed by atoms with Gasteiger partial charge in [0.2, 0.25) is 11.9 Å². The van der Waals surface area contributed by atoms with E-state index < -0.39 is 5.91 Å². The first-order valence-electron chi connectivity index (χ1n) is 22.5. The SMILES string of the molecule is C=Nc1cc(C=O)cnc1N(C/C=C/Cn1c(NC(=O)c2cc(C)nn2CC)nc2cc(C=O)cc(OCCCC(=O)NN(C)Cc3ccc(N)cc3)c21)CNC(=O)c1cc(C)nn1CC.CN.CN. The van der Waals surface area contributed by atoms with Crippen LogP contribution in [-0.4, -0.2) is 117 Å². The van der Waals surface area contributed by atoms with Gasteiger partial charge in [0.05, 0.1) is 30.2 Å². The van der Waals surface area contributed by atoms with Gasteiger partial charge in [-0.1, -0.05) is 24.3 Å². The molecule has 3 amide bonds. The molecular formula is C48H64N16O6. The summed E-state index contributed by atoms with van der Waals surface area (Å²) in [6.07, 6.45) is 6.94. The largest absolute Gasteiger partial charge is 0.491 e. The van der Waals surface area contributed by atoms with Gasteiger partial charge < -0.3 is 36.7 Å². The van der Waals surface area contributed by atoms with E-state index in [4.69, 9.17) is 15.5 Å². The zero-order valence-electron chi connectivity index (χ0n) is 40.8. The van der Waals surface area contributed by atoms with Gasteiger partial charge in [0, 0.05) is 69.2 Å². The van der Waals surface area contributed by atoms with E-state index in [1.165, 1.54) is 20.3 Å². The van der Waals surface area contributed by atoms with Crippen LogP contribution in [0, 0.1) is 13.8 Å². The molecule has 22 heteroatoms. The number of rotatable bonds is 23. The number of fused-ring (bicyclic) bond motifs is 1. The van der Waals surface area contributed by atoms with E-state index in [2.05, 4.69) is 54.4 Å². The van der Waals surface area contributed by atoms with Crippen LogP contribution < -0.4 is 42.9 Å². The van der Waals surface area contributed by atoms with Crippen molar-refractivity contribution in [2.24, 2.45) is 16.5 Å². The molecule has 0 spiro atoms. The molecule has 9 N–H and O–H groups in total. The minimum absolute atomic E-state index is 0.00371. The lowest BCUT2D eigenvalue weighted by atomic mass is 10.2. The fourth-order valence-electron chi connectivity index (χ4n) is 7.18. The number of carbonyl (C=O) groups is 5. The number of ether oxygens (including phenoxy) is 1. The van der Waals surface area contributed by atoms with Gasteiger partial charge in [-0.05, 0) is 103 Å². The maximum absolute atomic E-state index is 13.8. The highest BCUT2D eigenvalue weighted by Gasteiger charge is 2.22. The molecule has 6 aromatic rings. The van der Waals surface area contributed by atoms with E-state index in [9.17, 15) is 24.0 Å². The number of hydrazine groups is 1. The molecule has 2 aromatic carbocycles. The van der Waals surface area contributed by atoms with Gasteiger partial charge in [0.15, 0.2) is 12.1 Å². The van der Waals surface area contributed by atoms with Crippen molar-refractivity contribution in [3.8, 4) is 5.75 Å². The Kier molecular flexibility index (Phi) is 21.1. The third kappa shape index (κ3) is 14.5. The van der Waals surface area contributed by atoms with Crippen LogP contribution in [0.15, 0.2) is 77.9 Å². The summed E-state index contributed by atoms with van der Waals surface area (Å²) in [5, 5.41) is 16.4. The Labute approximate surface area is 406 Å². The van der Waals surface area contributed by atoms with Crippen molar-refractivity contribution in [1.82, 2.24) is 49.8 Å². The van der Waals surface area contributed by atoms with E-state index in [0.717, 1.165) is 5.56 Å². The van der Waals surface area contributed by atoms with E-state index in [1.54, 1.807) is 80.3 Å². The quantitative estimate of drug-likeness (QED) is 0.00998. The average Bonchev–Trinajstić information content (AvgIpc) is 4.07. The zero-order chi connectivity index (χ0) is 51.3. The van der Waals surface area contributed by atoms with Crippen molar-refractivity contribution in [3.05, 3.63) is 112 Å². The Bertz CT molecular complexity index is 2760. The van der Waals surface area contributed by atoms with Crippen molar-refractivity contribution < 1.29 is 28.7 Å². The summed E-state index contributed by atoms with van der Waals surface area (Å²) in [6.45, 7) is 13.0. The number of anilines is 3. The lowest BCUT2D eigenvalue weighted by Gasteiger charge is -2.24. The summed E-state index contributed by atoms with van der Waals surface area (Å²) in [6, 6.07) is 15.5. The van der Waals surface area contributed by atoms with Gasteiger partial charge >= 0.3 is 0 Å². The molecular weight excluding hydrogens is 897 g/mol. The maximum Gasteiger partial charge on any atom is 0.276 e. The van der Waals surface area contributed by atoms with Crippen LogP contribution in [0.25, 0.3) is 11.0 Å². The maximum atomic E-state index is 13.8. The molecule has 4 aromatic heterocycles. The molecule has 0 aliphatic heterocycles. The van der Waals surface area contributed by atoms with Crippen LogP contribution >= 0.6 is 0 Å². The Morgan fingerprint density at radius 1 is 0.871 bits per heavy atom. The van der Waals surface area contributed by atoms with Crippen molar-refractivity contribution >= 4 is 71.2 Å². The second-order valence-corrected chi connectivity index (χ2v) is 15.3. The first-order valence-corrected chi connectivity index (χ1v) is 22.5. The monoisotopic (exact) mass is 961 g/mol. The number of aliphatic imine (C=N–C) groups is 1. The third-order valence-electron chi connectivity index (χ3n) is 10.3. The number of allylic oxidation sites excluding steroid dienone is 1. The van der Waals surface area contributed by atoms with Crippen LogP contribution in [0.3, 0.4) is 0 Å². The van der Waals surface area contributed by atoms with Crippen molar-refractivity contribution in [2.75, 3.05) is 56.9 Å². The molecule has 6 rings (SSSR count). The molecule has 0 radical (unpaired) electrons. The molecule has 0 bridgehead atoms. The lowest BCUT2D eigenvalue weighted by molar-refractivity contribution is -0.125. The van der Waals surface area contributed by atoms with E-state index in [0.29, 0.717) is 107 Å². The fourth-order valence-corrected chi connectivity index (χ4v) is 7.18. The van der Waals surface area contributed by atoms with Gasteiger partial charge in [-0.25, -0.2) is 15.0 Å². The first kappa shape index (κ1) is 54.5. The average molecular weight is 961 g/mol. The highest BCUT2D eigenvalue weighted by molar-refractivity contribution is 6.03. The lowest BCUT2D eigenvalue weighted by Crippen LogP contribution is -2.39. The van der Waals surface area contributed by atoms with Crippen LogP contribution in [0.2, 0.25) is 0 Å². The summed E-state index contributed by atoms with van der Waals surface area (Å²) in [5.41, 5.74) is 23.2. The minimum atomic E-state index is -0.445. The van der Waals surface area contributed by atoms with Crippen LogP contribution in [0.1, 0.15) is 85.3 Å². The number of nitrogen functional groups attached to an aromatic ring is 1. The molecule has 372 valence electrons. The number of hydrogen-bond acceptors (Lipinski definition) is 16. The number of pyridine rings is 1. The second-order valence-electron chi connectivity index (χ2n) is 15.3. The van der Waals surface area contributed by atoms with Gasteiger partial charge in [-0.3, -0.25) is 49.1 Å². The first-order chi connectivity index (χ1) is 33.8. The van der Waals surface area contributed by atoms with Gasteiger partial charge in [0.25, 0.3) is 11.8 Å². The molecule has 0 aliphatic rings. The van der Waals surface area contributed by atoms with Gasteiger partial charge in [-0.2, -0.15) is 10.2 Å². The number of hydrogen-bond donors (Lipinski definition) is 6. The van der Waals surface area contributed by atoms with E-state index in [1.807, 2.05) is 45.1 Å². The topological polar surface area (TPSA) is 294 Å². The molecule has 4 heterocycles. The highest BCUT2D eigenvalue weighted by Crippen LogP contribution is 2.32. The Morgan fingerprint density at radius 3 is 2.13 bits per heavy atom. The number of nitrogens with zero attached hydrogens (tertiary/aromatic N) is 10. The Morgan fingerprint density at radius 2 is 1.51 bits per heavy atom. The molecule has 0 saturated carbocycles. The predicted molar refractivity (Wildman–Crippen MR) is 271 cm³/mol. The smallest absolute Gasteiger partial charge is 0.276 e. The van der Waals surface area contributed by atoms with Gasteiger partial charge in [0.1, 0.15) is 34.6 Å². The number of amides is 3. The van der Waals surface area contributed by atoms with Crippen molar-refractivity contribution in [3.63, 3.8) is 0 Å². The normalized spacial score (nSPS) is 10.8. The minimum Gasteiger partial charge on any atom is -0.491 e. The van der Waals surface area contributed by atoms with Crippen LogP contribution in [0.5, 0.6) is 5.75 Å². The molecule has 22 nitrogen and oxygen atoms in total. The van der Waals surface area contributed by atoms with Crippen molar-refractivity contribution in [2.45, 2.75) is 66.7 Å². The molecule has 0 unspecified atom stereocenters. The summed E-state index contributed by atoms with van der Waals surface area (Å²) >= 11 is 0. The third-order valence-corrected chi connectivity index (χ3v) is 10.3. The molecule has 0 fully saturated rings. The molecule has 0 atom stereocenters. The highest BCUT2D eigenvalue weighted by atomic mass is 16.5. The van der Waals surface area contributed by atoms with Crippen LogP contribution in [-0.2, 0) is 31.0 Å². The molecule has 0 aliphatic carbocycles. The number of nitrogens with one attached hydrogen (secondary N) is 3. The second kappa shape index (κ2) is 27.1. The van der Waals surface area contributed by atoms with Gasteiger partial charge in [-0.15, -0.1) is 0 Å². The number of aromatic nitrogens is 7. The van der Waals surface area contributed by atoms with Crippen molar-refractivity contribution in [1.29, 1.82) is 0 Å². The number of aryl methyl sites for hydroxylation is 4. The van der Waals surface area contributed by atoms with E-state index in [-0.39, 0.29) is 50.5 Å². The molecule has 70 heavy (non-hydrogen) atoms. The summed E-state index contributed by atoms with van der Waals surface area (Å²) < 4.78 is 11.2. The summed E-state index contributed by atoms with van der Waals surface area (Å²) in [4.78, 5) is 78.9.